The van der Waals surface area contributed by atoms with E-state index in [1.54, 1.807) is 0 Å². The third-order valence-electron chi connectivity index (χ3n) is 2.58. The Kier molecular flexibility index (Phi) is 6.94. The minimum atomic E-state index is -0.519. The number of nitrogens with one attached hydrogen (secondary N) is 3. The standard InChI is InChI=1S/C14H19ClFN3O2/c1-9(2)13(20)17-4-3-5-18-14(21)19-12-7-10(15)6-11(16)8-12/h6-9H,3-5H2,1-2H3,(H,17,20)(H2,18,19,21). The van der Waals surface area contributed by atoms with Crippen molar-refractivity contribution in [1.82, 2.24) is 10.6 Å². The molecule has 0 aromatic heterocycles. The van der Waals surface area contributed by atoms with Gasteiger partial charge >= 0.3 is 6.03 Å². The molecule has 0 aliphatic rings. The van der Waals surface area contributed by atoms with Crippen molar-refractivity contribution in [1.29, 1.82) is 0 Å². The van der Waals surface area contributed by atoms with Crippen molar-refractivity contribution in [3.05, 3.63) is 29.0 Å². The Morgan fingerprint density at radius 2 is 1.86 bits per heavy atom. The molecular weight excluding hydrogens is 297 g/mol. The van der Waals surface area contributed by atoms with Gasteiger partial charge in [0.25, 0.3) is 0 Å². The average Bonchev–Trinajstić information content (AvgIpc) is 2.36. The van der Waals surface area contributed by atoms with Crippen LogP contribution in [-0.2, 0) is 4.79 Å². The maximum Gasteiger partial charge on any atom is 0.319 e. The molecule has 3 N–H and O–H groups in total. The van der Waals surface area contributed by atoms with E-state index in [1.807, 2.05) is 13.8 Å². The quantitative estimate of drug-likeness (QED) is 0.706. The Hall–Kier alpha value is -1.82. The molecular formula is C14H19ClFN3O2. The molecule has 0 saturated heterocycles. The summed E-state index contributed by atoms with van der Waals surface area (Å²) in [6.45, 7) is 4.51. The molecule has 0 bridgehead atoms. The highest BCUT2D eigenvalue weighted by atomic mass is 35.5. The minimum absolute atomic E-state index is 0.0196. The van der Waals surface area contributed by atoms with E-state index >= 15 is 0 Å². The molecule has 0 heterocycles. The Labute approximate surface area is 128 Å². The minimum Gasteiger partial charge on any atom is -0.356 e. The van der Waals surface area contributed by atoms with Crippen LogP contribution in [0.1, 0.15) is 20.3 Å². The van der Waals surface area contributed by atoms with Crippen LogP contribution in [0.4, 0.5) is 14.9 Å². The molecule has 0 radical (unpaired) electrons. The van der Waals surface area contributed by atoms with Crippen molar-refractivity contribution in [2.24, 2.45) is 5.92 Å². The fourth-order valence-corrected chi connectivity index (χ4v) is 1.73. The molecule has 116 valence electrons. The molecule has 0 unspecified atom stereocenters. The van der Waals surface area contributed by atoms with E-state index in [4.69, 9.17) is 11.6 Å². The van der Waals surface area contributed by atoms with Crippen LogP contribution < -0.4 is 16.0 Å². The van der Waals surface area contributed by atoms with E-state index in [-0.39, 0.29) is 22.5 Å². The van der Waals surface area contributed by atoms with Crippen molar-refractivity contribution in [3.8, 4) is 0 Å². The van der Waals surface area contributed by atoms with Gasteiger partial charge in [-0.15, -0.1) is 0 Å². The molecule has 0 saturated carbocycles. The van der Waals surface area contributed by atoms with Crippen LogP contribution in [0.3, 0.4) is 0 Å². The molecule has 1 rings (SSSR count). The number of carbonyl (C=O) groups excluding carboxylic acids is 2. The zero-order valence-electron chi connectivity index (χ0n) is 12.0. The second-order valence-corrected chi connectivity index (χ2v) is 5.27. The number of benzene rings is 1. The highest BCUT2D eigenvalue weighted by Gasteiger charge is 2.06. The van der Waals surface area contributed by atoms with Gasteiger partial charge in [-0.05, 0) is 24.6 Å². The van der Waals surface area contributed by atoms with Gasteiger partial charge in [0.1, 0.15) is 5.82 Å². The first-order valence-electron chi connectivity index (χ1n) is 6.67. The predicted octanol–water partition coefficient (Wildman–Crippen LogP) is 2.76. The van der Waals surface area contributed by atoms with Crippen LogP contribution >= 0.6 is 11.6 Å². The maximum atomic E-state index is 13.1. The molecule has 0 spiro atoms. The molecule has 0 fully saturated rings. The molecule has 21 heavy (non-hydrogen) atoms. The van der Waals surface area contributed by atoms with E-state index in [1.165, 1.54) is 12.1 Å². The Morgan fingerprint density at radius 1 is 1.19 bits per heavy atom. The van der Waals surface area contributed by atoms with Crippen molar-refractivity contribution in [2.75, 3.05) is 18.4 Å². The lowest BCUT2D eigenvalue weighted by molar-refractivity contribution is -0.123. The number of anilines is 1. The first kappa shape index (κ1) is 17.2. The lowest BCUT2D eigenvalue weighted by Crippen LogP contribution is -2.33. The second-order valence-electron chi connectivity index (χ2n) is 4.84. The van der Waals surface area contributed by atoms with Crippen molar-refractivity contribution < 1.29 is 14.0 Å². The summed E-state index contributed by atoms with van der Waals surface area (Å²) in [5.41, 5.74) is 0.283. The fraction of sp³-hybridized carbons (Fsp3) is 0.429. The van der Waals surface area contributed by atoms with Gasteiger partial charge in [-0.3, -0.25) is 4.79 Å². The lowest BCUT2D eigenvalue weighted by Gasteiger charge is -2.09. The summed E-state index contributed by atoms with van der Waals surface area (Å²) in [6, 6.07) is 3.33. The molecule has 1 aromatic rings. The van der Waals surface area contributed by atoms with Gasteiger partial charge in [-0.1, -0.05) is 25.4 Å². The van der Waals surface area contributed by atoms with E-state index in [0.717, 1.165) is 6.07 Å². The van der Waals surface area contributed by atoms with Gasteiger partial charge in [0.05, 0.1) is 0 Å². The lowest BCUT2D eigenvalue weighted by atomic mass is 10.2. The molecule has 3 amide bonds. The summed E-state index contributed by atoms with van der Waals surface area (Å²) in [7, 11) is 0. The predicted molar refractivity (Wildman–Crippen MR) is 80.9 cm³/mol. The normalized spacial score (nSPS) is 10.3. The molecule has 0 atom stereocenters. The fourth-order valence-electron chi connectivity index (χ4n) is 1.51. The largest absolute Gasteiger partial charge is 0.356 e. The van der Waals surface area contributed by atoms with Gasteiger partial charge in [-0.2, -0.15) is 0 Å². The topological polar surface area (TPSA) is 70.2 Å². The SMILES string of the molecule is CC(C)C(=O)NCCCNC(=O)Nc1cc(F)cc(Cl)c1. The number of carbonyl (C=O) groups is 2. The first-order valence-corrected chi connectivity index (χ1v) is 7.05. The zero-order valence-corrected chi connectivity index (χ0v) is 12.8. The Bertz CT molecular complexity index is 489. The third kappa shape index (κ3) is 6.94. The van der Waals surface area contributed by atoms with Crippen LogP contribution in [0.15, 0.2) is 18.2 Å². The van der Waals surface area contributed by atoms with Crippen LogP contribution in [0.25, 0.3) is 0 Å². The van der Waals surface area contributed by atoms with Gasteiger partial charge in [0.2, 0.25) is 5.91 Å². The molecule has 1 aromatic carbocycles. The number of amides is 3. The average molecular weight is 316 g/mol. The molecule has 0 aliphatic heterocycles. The van der Waals surface area contributed by atoms with Gasteiger partial charge < -0.3 is 16.0 Å². The summed E-state index contributed by atoms with van der Waals surface area (Å²) >= 11 is 5.68. The number of halogens is 2. The van der Waals surface area contributed by atoms with E-state index in [2.05, 4.69) is 16.0 Å². The summed E-state index contributed by atoms with van der Waals surface area (Å²) in [5.74, 6) is -0.595. The van der Waals surface area contributed by atoms with Crippen molar-refractivity contribution in [3.63, 3.8) is 0 Å². The first-order chi connectivity index (χ1) is 9.88. The van der Waals surface area contributed by atoms with E-state index < -0.39 is 11.8 Å². The third-order valence-corrected chi connectivity index (χ3v) is 2.80. The molecule has 0 aliphatic carbocycles. The van der Waals surface area contributed by atoms with Crippen molar-refractivity contribution in [2.45, 2.75) is 20.3 Å². The van der Waals surface area contributed by atoms with Crippen LogP contribution in [-0.4, -0.2) is 25.0 Å². The monoisotopic (exact) mass is 315 g/mol. The maximum absolute atomic E-state index is 13.1. The Morgan fingerprint density at radius 3 is 2.48 bits per heavy atom. The summed E-state index contributed by atoms with van der Waals surface area (Å²) in [6.07, 6.45) is 0.607. The second kappa shape index (κ2) is 8.46. The Balaban J connectivity index is 2.24. The number of hydrogen-bond acceptors (Lipinski definition) is 2. The summed E-state index contributed by atoms with van der Waals surface area (Å²) in [4.78, 5) is 22.9. The van der Waals surface area contributed by atoms with Crippen LogP contribution in [0.2, 0.25) is 5.02 Å². The number of urea groups is 1. The van der Waals surface area contributed by atoms with Crippen molar-refractivity contribution >= 4 is 29.2 Å². The molecule has 5 nitrogen and oxygen atoms in total. The zero-order chi connectivity index (χ0) is 15.8. The summed E-state index contributed by atoms with van der Waals surface area (Å²) in [5, 5.41) is 8.04. The van der Waals surface area contributed by atoms with Gasteiger partial charge in [0, 0.05) is 29.7 Å². The van der Waals surface area contributed by atoms with Gasteiger partial charge in [-0.25, -0.2) is 9.18 Å². The number of rotatable bonds is 6. The van der Waals surface area contributed by atoms with Crippen LogP contribution in [0, 0.1) is 11.7 Å². The van der Waals surface area contributed by atoms with Crippen LogP contribution in [0.5, 0.6) is 0 Å². The highest BCUT2D eigenvalue weighted by molar-refractivity contribution is 6.30. The van der Waals surface area contributed by atoms with E-state index in [0.29, 0.717) is 19.5 Å². The summed E-state index contributed by atoms with van der Waals surface area (Å²) < 4.78 is 13.1. The van der Waals surface area contributed by atoms with Gasteiger partial charge in [0.15, 0.2) is 0 Å². The molecule has 7 heteroatoms. The smallest absolute Gasteiger partial charge is 0.319 e. The number of hydrogen-bond donors (Lipinski definition) is 3. The van der Waals surface area contributed by atoms with E-state index in [9.17, 15) is 14.0 Å². The highest BCUT2D eigenvalue weighted by Crippen LogP contribution is 2.17.